The summed E-state index contributed by atoms with van der Waals surface area (Å²) in [7, 11) is -3.32. The molecule has 0 saturated carbocycles. The first-order valence-electron chi connectivity index (χ1n) is 8.88. The van der Waals surface area contributed by atoms with Gasteiger partial charge < -0.3 is 10.6 Å². The van der Waals surface area contributed by atoms with Crippen molar-refractivity contribution in [3.05, 3.63) is 58.9 Å². The molecule has 2 N–H and O–H groups in total. The van der Waals surface area contributed by atoms with E-state index >= 15 is 0 Å². The lowest BCUT2D eigenvalue weighted by Gasteiger charge is -2.20. The summed E-state index contributed by atoms with van der Waals surface area (Å²) < 4.78 is 40.2. The van der Waals surface area contributed by atoms with Crippen molar-refractivity contribution >= 4 is 39.7 Å². The number of carbonyl (C=O) groups excluding carboxylic acids is 1. The molecule has 4 rings (SSSR count). The number of halogens is 2. The maximum Gasteiger partial charge on any atom is 0.255 e. The van der Waals surface area contributed by atoms with Crippen LogP contribution in [0.5, 0.6) is 0 Å². The molecule has 150 valence electrons. The molecule has 0 atom stereocenters. The summed E-state index contributed by atoms with van der Waals surface area (Å²) in [6.07, 6.45) is 1.14. The molecule has 0 aliphatic carbocycles. The van der Waals surface area contributed by atoms with Gasteiger partial charge in [0.2, 0.25) is 10.0 Å². The van der Waals surface area contributed by atoms with Crippen LogP contribution >= 0.6 is 12.4 Å². The van der Waals surface area contributed by atoms with E-state index in [1.54, 1.807) is 24.3 Å². The summed E-state index contributed by atoms with van der Waals surface area (Å²) >= 11 is 0. The van der Waals surface area contributed by atoms with Crippen molar-refractivity contribution in [2.75, 3.05) is 28.5 Å². The topological polar surface area (TPSA) is 78.5 Å². The van der Waals surface area contributed by atoms with Crippen molar-refractivity contribution in [2.45, 2.75) is 19.4 Å². The lowest BCUT2D eigenvalue weighted by atomic mass is 9.99. The van der Waals surface area contributed by atoms with Crippen LogP contribution in [0.15, 0.2) is 36.4 Å². The quantitative estimate of drug-likeness (QED) is 0.792. The third-order valence-electron chi connectivity index (χ3n) is 4.95. The van der Waals surface area contributed by atoms with Gasteiger partial charge in [-0.1, -0.05) is 12.1 Å². The number of sulfonamides is 1. The predicted molar refractivity (Wildman–Crippen MR) is 109 cm³/mol. The zero-order valence-electron chi connectivity index (χ0n) is 15.1. The van der Waals surface area contributed by atoms with Gasteiger partial charge in [-0.05, 0) is 54.8 Å². The standard InChI is InChI=1S/C19H20FN3O3S.ClH/c20-18-16-7-8-21-12-14(16)5-6-17(18)22-19(24)13-3-1-4-15(11-13)23-9-2-10-27(23,25)26;/h1,3-6,11,21H,2,7-10,12H2,(H,22,24);1H. The van der Waals surface area contributed by atoms with Crippen molar-refractivity contribution < 1.29 is 17.6 Å². The van der Waals surface area contributed by atoms with Gasteiger partial charge in [-0.25, -0.2) is 12.8 Å². The highest BCUT2D eigenvalue weighted by Crippen LogP contribution is 2.27. The summed E-state index contributed by atoms with van der Waals surface area (Å²) in [6, 6.07) is 9.78. The molecule has 9 heteroatoms. The molecule has 1 fully saturated rings. The maximum atomic E-state index is 14.7. The highest BCUT2D eigenvalue weighted by atomic mass is 35.5. The van der Waals surface area contributed by atoms with Gasteiger partial charge in [-0.15, -0.1) is 12.4 Å². The van der Waals surface area contributed by atoms with E-state index in [9.17, 15) is 17.6 Å². The molecule has 2 aromatic carbocycles. The van der Waals surface area contributed by atoms with E-state index in [1.807, 2.05) is 6.07 Å². The largest absolute Gasteiger partial charge is 0.319 e. The second-order valence-corrected chi connectivity index (χ2v) is 8.75. The number of anilines is 2. The summed E-state index contributed by atoms with van der Waals surface area (Å²) in [5.74, 6) is -0.764. The molecule has 0 aromatic heterocycles. The number of hydrogen-bond donors (Lipinski definition) is 2. The number of nitrogens with zero attached hydrogens (tertiary/aromatic N) is 1. The number of fused-ring (bicyclic) bond motifs is 1. The van der Waals surface area contributed by atoms with Crippen LogP contribution in [-0.4, -0.2) is 33.2 Å². The number of amides is 1. The smallest absolute Gasteiger partial charge is 0.255 e. The Morgan fingerprint density at radius 2 is 2.04 bits per heavy atom. The van der Waals surface area contributed by atoms with E-state index in [0.717, 1.165) is 5.56 Å². The lowest BCUT2D eigenvalue weighted by molar-refractivity contribution is 0.102. The third kappa shape index (κ3) is 3.85. The van der Waals surface area contributed by atoms with Crippen molar-refractivity contribution in [1.82, 2.24) is 5.32 Å². The molecule has 28 heavy (non-hydrogen) atoms. The van der Waals surface area contributed by atoms with Gasteiger partial charge >= 0.3 is 0 Å². The van der Waals surface area contributed by atoms with Crippen molar-refractivity contribution in [2.24, 2.45) is 0 Å². The Kier molecular flexibility index (Phi) is 5.92. The Balaban J connectivity index is 0.00000225. The van der Waals surface area contributed by atoms with Gasteiger partial charge in [0.25, 0.3) is 5.91 Å². The number of rotatable bonds is 3. The second-order valence-electron chi connectivity index (χ2n) is 6.74. The predicted octanol–water partition coefficient (Wildman–Crippen LogP) is 2.69. The van der Waals surface area contributed by atoms with E-state index in [0.29, 0.717) is 43.7 Å². The Bertz CT molecular complexity index is 1010. The highest BCUT2D eigenvalue weighted by Gasteiger charge is 2.28. The molecule has 1 amide bonds. The van der Waals surface area contributed by atoms with Gasteiger partial charge in [0, 0.05) is 18.7 Å². The zero-order valence-corrected chi connectivity index (χ0v) is 16.7. The Morgan fingerprint density at radius 1 is 1.21 bits per heavy atom. The second kappa shape index (κ2) is 8.06. The molecule has 1 saturated heterocycles. The summed E-state index contributed by atoms with van der Waals surface area (Å²) in [6.45, 7) is 1.72. The zero-order chi connectivity index (χ0) is 19.0. The molecule has 0 radical (unpaired) electrons. The Morgan fingerprint density at radius 3 is 2.79 bits per heavy atom. The van der Waals surface area contributed by atoms with Crippen LogP contribution < -0.4 is 14.9 Å². The lowest BCUT2D eigenvalue weighted by Crippen LogP contribution is -2.26. The van der Waals surface area contributed by atoms with Gasteiger partial charge in [-0.3, -0.25) is 9.10 Å². The first-order valence-corrected chi connectivity index (χ1v) is 10.5. The van der Waals surface area contributed by atoms with E-state index in [2.05, 4.69) is 10.6 Å². The molecule has 2 heterocycles. The minimum atomic E-state index is -3.32. The van der Waals surface area contributed by atoms with Crippen LogP contribution in [0.25, 0.3) is 0 Å². The average Bonchev–Trinajstić information content (AvgIpc) is 3.03. The molecule has 2 aromatic rings. The summed E-state index contributed by atoms with van der Waals surface area (Å²) in [5, 5.41) is 5.80. The molecule has 2 aliphatic rings. The normalized spacial score (nSPS) is 17.5. The van der Waals surface area contributed by atoms with Crippen molar-refractivity contribution in [1.29, 1.82) is 0 Å². The number of hydrogen-bond acceptors (Lipinski definition) is 4. The van der Waals surface area contributed by atoms with E-state index in [4.69, 9.17) is 0 Å². The summed E-state index contributed by atoms with van der Waals surface area (Å²) in [4.78, 5) is 12.6. The number of nitrogens with one attached hydrogen (secondary N) is 2. The molecule has 2 aliphatic heterocycles. The number of benzene rings is 2. The van der Waals surface area contributed by atoms with Crippen LogP contribution in [0, 0.1) is 5.82 Å². The highest BCUT2D eigenvalue weighted by molar-refractivity contribution is 7.93. The fourth-order valence-electron chi connectivity index (χ4n) is 3.56. The van der Waals surface area contributed by atoms with Gasteiger partial charge in [0.05, 0.1) is 17.1 Å². The van der Waals surface area contributed by atoms with Crippen molar-refractivity contribution in [3.63, 3.8) is 0 Å². The molecule has 0 bridgehead atoms. The third-order valence-corrected chi connectivity index (χ3v) is 6.82. The molecule has 0 unspecified atom stereocenters. The molecule has 6 nitrogen and oxygen atoms in total. The fraction of sp³-hybridized carbons (Fsp3) is 0.316. The Labute approximate surface area is 169 Å². The van der Waals surface area contributed by atoms with E-state index in [-0.39, 0.29) is 29.4 Å². The Hall–Kier alpha value is -2.16. The average molecular weight is 426 g/mol. The van der Waals surface area contributed by atoms with Gasteiger partial charge in [0.15, 0.2) is 0 Å². The molecular weight excluding hydrogens is 405 g/mol. The van der Waals surface area contributed by atoms with Crippen molar-refractivity contribution in [3.8, 4) is 0 Å². The first-order chi connectivity index (χ1) is 13.0. The summed E-state index contributed by atoms with van der Waals surface area (Å²) in [5.41, 5.74) is 2.41. The van der Waals surface area contributed by atoms with Gasteiger partial charge in [-0.2, -0.15) is 0 Å². The minimum absolute atomic E-state index is 0. The number of carbonyl (C=O) groups is 1. The van der Waals surface area contributed by atoms with Crippen LogP contribution in [-0.2, 0) is 23.0 Å². The van der Waals surface area contributed by atoms with Crippen LogP contribution in [0.3, 0.4) is 0 Å². The maximum absolute atomic E-state index is 14.7. The van der Waals surface area contributed by atoms with E-state index < -0.39 is 21.7 Å². The SMILES string of the molecule is Cl.O=C(Nc1ccc2c(c1F)CCNC2)c1cccc(N2CCCS2(=O)=O)c1. The van der Waals surface area contributed by atoms with Crippen LogP contribution in [0.4, 0.5) is 15.8 Å². The van der Waals surface area contributed by atoms with E-state index in [1.165, 1.54) is 10.4 Å². The minimum Gasteiger partial charge on any atom is -0.319 e. The van der Waals surface area contributed by atoms with Gasteiger partial charge in [0.1, 0.15) is 5.82 Å². The molecular formula is C19H21ClFN3O3S. The molecule has 0 spiro atoms. The van der Waals surface area contributed by atoms with Crippen LogP contribution in [0.2, 0.25) is 0 Å². The van der Waals surface area contributed by atoms with Crippen LogP contribution in [0.1, 0.15) is 27.9 Å². The fourth-order valence-corrected chi connectivity index (χ4v) is 5.11. The first kappa shape index (κ1) is 20.6. The monoisotopic (exact) mass is 425 g/mol.